The highest BCUT2D eigenvalue weighted by Gasteiger charge is 2.35. The summed E-state index contributed by atoms with van der Waals surface area (Å²) in [5, 5.41) is 5.62. The third kappa shape index (κ3) is 4.17. The number of benzene rings is 1. The van der Waals surface area contributed by atoms with Crippen molar-refractivity contribution in [3.05, 3.63) is 64.2 Å². The Kier molecular flexibility index (Phi) is 5.41. The molecule has 0 saturated carbocycles. The van der Waals surface area contributed by atoms with Crippen LogP contribution in [0.2, 0.25) is 0 Å². The zero-order valence-electron chi connectivity index (χ0n) is 17.2. The number of thiazole rings is 1. The van der Waals surface area contributed by atoms with Crippen LogP contribution in [0.1, 0.15) is 17.0 Å². The molecule has 0 aliphatic rings. The van der Waals surface area contributed by atoms with Crippen molar-refractivity contribution >= 4 is 21.2 Å². The van der Waals surface area contributed by atoms with Crippen LogP contribution >= 0.6 is 11.3 Å². The second-order valence-electron chi connectivity index (χ2n) is 7.25. The van der Waals surface area contributed by atoms with Crippen LogP contribution in [0.4, 0.5) is 13.2 Å². The van der Waals surface area contributed by atoms with Gasteiger partial charge in [0.05, 0.1) is 27.5 Å². The minimum atomic E-state index is -4.66. The normalized spacial score (nSPS) is 12.3. The lowest BCUT2D eigenvalue weighted by Crippen LogP contribution is -2.10. The number of hydrogen-bond acceptors (Lipinski definition) is 6. The van der Waals surface area contributed by atoms with Crippen LogP contribution in [-0.4, -0.2) is 34.4 Å². The maximum absolute atomic E-state index is 13.5. The molecule has 0 aliphatic heterocycles. The lowest BCUT2D eigenvalue weighted by molar-refractivity contribution is -0.141. The molecule has 166 valence electrons. The Bertz CT molecular complexity index is 1410. The van der Waals surface area contributed by atoms with Gasteiger partial charge in [-0.1, -0.05) is 12.1 Å². The van der Waals surface area contributed by atoms with Crippen molar-refractivity contribution in [2.24, 2.45) is 0 Å². The Morgan fingerprint density at radius 1 is 1.06 bits per heavy atom. The third-order valence-electron chi connectivity index (χ3n) is 4.87. The van der Waals surface area contributed by atoms with E-state index in [1.54, 1.807) is 23.7 Å². The number of alkyl halides is 3. The van der Waals surface area contributed by atoms with E-state index in [-0.39, 0.29) is 22.1 Å². The second kappa shape index (κ2) is 7.82. The lowest BCUT2D eigenvalue weighted by Gasteiger charge is -2.11. The van der Waals surface area contributed by atoms with Gasteiger partial charge in [0.15, 0.2) is 21.3 Å². The van der Waals surface area contributed by atoms with E-state index in [9.17, 15) is 21.6 Å². The maximum atomic E-state index is 13.5. The number of pyridine rings is 1. The van der Waals surface area contributed by atoms with Crippen LogP contribution in [0.3, 0.4) is 0 Å². The lowest BCUT2D eigenvalue weighted by atomic mass is 10.0. The number of rotatable bonds is 4. The quantitative estimate of drug-likeness (QED) is 0.408. The fourth-order valence-corrected chi connectivity index (χ4v) is 4.85. The maximum Gasteiger partial charge on any atom is 0.435 e. The van der Waals surface area contributed by atoms with Gasteiger partial charge in [-0.3, -0.25) is 0 Å². The first-order valence-electron chi connectivity index (χ1n) is 9.30. The highest BCUT2D eigenvalue weighted by atomic mass is 32.2. The first kappa shape index (κ1) is 22.2. The molecule has 4 aromatic rings. The Morgan fingerprint density at radius 2 is 1.81 bits per heavy atom. The van der Waals surface area contributed by atoms with Gasteiger partial charge in [0.1, 0.15) is 0 Å². The molecule has 0 bridgehead atoms. The molecule has 0 atom stereocenters. The molecule has 3 aromatic heterocycles. The van der Waals surface area contributed by atoms with Crippen LogP contribution in [0.25, 0.3) is 28.3 Å². The predicted octanol–water partition coefficient (Wildman–Crippen LogP) is 5.10. The number of aromatic nitrogens is 4. The molecule has 3 heterocycles. The van der Waals surface area contributed by atoms with E-state index in [4.69, 9.17) is 0 Å². The summed E-state index contributed by atoms with van der Waals surface area (Å²) < 4.78 is 65.2. The van der Waals surface area contributed by atoms with Crippen molar-refractivity contribution in [1.29, 1.82) is 0 Å². The summed E-state index contributed by atoms with van der Waals surface area (Å²) >= 11 is 1.45. The number of nitrogens with zero attached hydrogens (tertiary/aromatic N) is 4. The fourth-order valence-electron chi connectivity index (χ4n) is 3.40. The Morgan fingerprint density at radius 3 is 2.38 bits per heavy atom. The SMILES string of the molecule is Cc1cc(-c2cc(C(F)(F)F)nn2-c2ccc(S(C)(=O)=O)c(C)n2)ccc1-c1cscn1. The molecule has 0 radical (unpaired) electrons. The largest absolute Gasteiger partial charge is 0.435 e. The Labute approximate surface area is 186 Å². The van der Waals surface area contributed by atoms with Crippen LogP contribution in [0, 0.1) is 13.8 Å². The average molecular weight is 479 g/mol. The molecule has 32 heavy (non-hydrogen) atoms. The van der Waals surface area contributed by atoms with Gasteiger partial charge in [0, 0.05) is 22.8 Å². The van der Waals surface area contributed by atoms with E-state index in [1.807, 2.05) is 12.3 Å². The summed E-state index contributed by atoms with van der Waals surface area (Å²) in [6.45, 7) is 3.34. The minimum Gasteiger partial charge on any atom is -0.245 e. The van der Waals surface area contributed by atoms with E-state index >= 15 is 0 Å². The first-order valence-corrected chi connectivity index (χ1v) is 12.1. The van der Waals surface area contributed by atoms with Crippen molar-refractivity contribution in [3.8, 4) is 28.3 Å². The minimum absolute atomic E-state index is 0.00876. The van der Waals surface area contributed by atoms with E-state index < -0.39 is 21.7 Å². The van der Waals surface area contributed by atoms with Crippen molar-refractivity contribution in [2.75, 3.05) is 6.26 Å². The molecular weight excluding hydrogens is 461 g/mol. The van der Waals surface area contributed by atoms with Gasteiger partial charge < -0.3 is 0 Å². The number of aryl methyl sites for hydroxylation is 2. The standard InChI is InChI=1S/C21H17F3N4O2S2/c1-12-8-14(4-5-15(12)16-10-31-11-25-16)17-9-19(21(22,23)24)27-28(17)20-7-6-18(13(2)26-20)32(3,29)30/h4-11H,1-3H3. The summed E-state index contributed by atoms with van der Waals surface area (Å²) in [7, 11) is -3.52. The summed E-state index contributed by atoms with van der Waals surface area (Å²) in [4.78, 5) is 8.51. The molecule has 0 unspecified atom stereocenters. The van der Waals surface area contributed by atoms with Gasteiger partial charge in [-0.05, 0) is 43.7 Å². The zero-order chi connectivity index (χ0) is 23.3. The smallest absolute Gasteiger partial charge is 0.245 e. The van der Waals surface area contributed by atoms with E-state index in [0.717, 1.165) is 33.8 Å². The molecule has 0 N–H and O–H groups in total. The van der Waals surface area contributed by atoms with E-state index in [0.29, 0.717) is 5.56 Å². The van der Waals surface area contributed by atoms with Gasteiger partial charge in [-0.25, -0.2) is 23.1 Å². The van der Waals surface area contributed by atoms with Gasteiger partial charge in [-0.2, -0.15) is 18.3 Å². The van der Waals surface area contributed by atoms with Crippen molar-refractivity contribution in [2.45, 2.75) is 24.9 Å². The second-order valence-corrected chi connectivity index (χ2v) is 9.96. The number of halogens is 3. The summed E-state index contributed by atoms with van der Waals surface area (Å²) in [5.41, 5.74) is 4.02. The zero-order valence-corrected chi connectivity index (χ0v) is 18.8. The molecule has 0 saturated heterocycles. The molecule has 0 amide bonds. The summed E-state index contributed by atoms with van der Waals surface area (Å²) in [6, 6.07) is 8.89. The molecule has 0 aliphatic carbocycles. The first-order chi connectivity index (χ1) is 14.9. The van der Waals surface area contributed by atoms with Gasteiger partial charge in [0.25, 0.3) is 0 Å². The molecule has 1 aromatic carbocycles. The van der Waals surface area contributed by atoms with Crippen molar-refractivity contribution < 1.29 is 21.6 Å². The van der Waals surface area contributed by atoms with Crippen molar-refractivity contribution in [3.63, 3.8) is 0 Å². The van der Waals surface area contributed by atoms with Crippen molar-refractivity contribution in [1.82, 2.24) is 19.7 Å². The third-order valence-corrected chi connectivity index (χ3v) is 6.69. The molecule has 11 heteroatoms. The predicted molar refractivity (Wildman–Crippen MR) is 115 cm³/mol. The number of sulfone groups is 1. The van der Waals surface area contributed by atoms with E-state index in [2.05, 4.69) is 15.1 Å². The van der Waals surface area contributed by atoms with Gasteiger partial charge in [0.2, 0.25) is 0 Å². The highest BCUT2D eigenvalue weighted by Crippen LogP contribution is 2.35. The molecular formula is C21H17F3N4O2S2. The summed E-state index contributed by atoms with van der Waals surface area (Å²) in [6.07, 6.45) is -3.61. The Hall–Kier alpha value is -3.05. The van der Waals surface area contributed by atoms with Gasteiger partial charge in [-0.15, -0.1) is 11.3 Å². The van der Waals surface area contributed by atoms with E-state index in [1.165, 1.54) is 30.4 Å². The Balaban J connectivity index is 1.88. The monoisotopic (exact) mass is 478 g/mol. The molecule has 4 rings (SSSR count). The topological polar surface area (TPSA) is 77.7 Å². The summed E-state index contributed by atoms with van der Waals surface area (Å²) in [5.74, 6) is 0.0848. The molecule has 0 fully saturated rings. The fraction of sp³-hybridized carbons (Fsp3) is 0.190. The highest BCUT2D eigenvalue weighted by molar-refractivity contribution is 7.90. The van der Waals surface area contributed by atoms with Gasteiger partial charge >= 0.3 is 6.18 Å². The van der Waals surface area contributed by atoms with Crippen LogP contribution in [0.15, 0.2) is 52.2 Å². The number of hydrogen-bond donors (Lipinski definition) is 0. The van der Waals surface area contributed by atoms with Crippen LogP contribution in [0.5, 0.6) is 0 Å². The molecule has 6 nitrogen and oxygen atoms in total. The molecule has 0 spiro atoms. The van der Waals surface area contributed by atoms with Crippen LogP contribution < -0.4 is 0 Å². The van der Waals surface area contributed by atoms with Crippen LogP contribution in [-0.2, 0) is 16.0 Å². The average Bonchev–Trinajstić information content (AvgIpc) is 3.36.